The van der Waals surface area contributed by atoms with Crippen LogP contribution in [0.5, 0.6) is 0 Å². The summed E-state index contributed by atoms with van der Waals surface area (Å²) < 4.78 is 11.6. The van der Waals surface area contributed by atoms with Crippen LogP contribution in [0.15, 0.2) is 535 Å². The van der Waals surface area contributed by atoms with Crippen molar-refractivity contribution in [3.8, 4) is 112 Å². The van der Waals surface area contributed by atoms with Gasteiger partial charge in [0.05, 0.1) is 0 Å². The van der Waals surface area contributed by atoms with Crippen molar-refractivity contribution in [1.29, 1.82) is 0 Å². The van der Waals surface area contributed by atoms with Crippen molar-refractivity contribution in [2.24, 2.45) is 0 Å². The number of aromatic nitrogens is 8. The summed E-state index contributed by atoms with van der Waals surface area (Å²) in [4.78, 5) is 35.6. The normalized spacial score (nSPS) is 10.5. The second-order valence-electron chi connectivity index (χ2n) is 35.9. The van der Waals surface area contributed by atoms with Crippen LogP contribution in [0.3, 0.4) is 0 Å². The molecule has 8 heterocycles. The van der Waals surface area contributed by atoms with E-state index in [0.29, 0.717) is 0 Å². The summed E-state index contributed by atoms with van der Waals surface area (Å²) >= 11 is -9.02. The van der Waals surface area contributed by atoms with Gasteiger partial charge in [0.25, 0.3) is 0 Å². The molecule has 14 aromatic carbocycles. The van der Waals surface area contributed by atoms with Crippen LogP contribution in [0.4, 0.5) is 0 Å². The zero-order valence-corrected chi connectivity index (χ0v) is 102. The molecule has 0 spiro atoms. The predicted molar refractivity (Wildman–Crippen MR) is 612 cm³/mol. The molecule has 148 heavy (non-hydrogen) atoms. The summed E-state index contributed by atoms with van der Waals surface area (Å²) in [5.74, 6) is 19.4. The van der Waals surface area contributed by atoms with Gasteiger partial charge in [-0.1, -0.05) is 48.5 Å². The molecule has 0 unspecified atom stereocenters. The second kappa shape index (κ2) is 59.9. The Bertz CT molecular complexity index is 7030. The molecule has 8 nitrogen and oxygen atoms in total. The first-order valence-corrected chi connectivity index (χ1v) is 73.4. The maximum atomic E-state index is 4.79. The van der Waals surface area contributed by atoms with Gasteiger partial charge in [-0.25, -0.2) is 0 Å². The van der Waals surface area contributed by atoms with Gasteiger partial charge in [0.1, 0.15) is 0 Å². The van der Waals surface area contributed by atoms with Crippen molar-refractivity contribution in [1.82, 2.24) is 39.9 Å². The zero-order valence-electron chi connectivity index (χ0n) is 83.7. The summed E-state index contributed by atoms with van der Waals surface area (Å²) in [6, 6.07) is 191. The van der Waals surface area contributed by atoms with E-state index in [1.54, 1.807) is 24.8 Å². The minimum absolute atomic E-state index is 0. The average Bonchev–Trinajstić information content (AvgIpc) is 0.804. The monoisotopic (exact) mass is 2880 g/mol. The summed E-state index contributed by atoms with van der Waals surface area (Å²) in [7, 11) is 0. The first-order chi connectivity index (χ1) is 70.5. The van der Waals surface area contributed by atoms with Gasteiger partial charge < -0.3 is 19.9 Å². The van der Waals surface area contributed by atoms with Crippen molar-refractivity contribution in [2.45, 2.75) is 46.0 Å². The topological polar surface area (TPSA) is 103 Å². The Morgan fingerprint density at radius 1 is 0.149 bits per heavy atom. The minimum Gasteiger partial charge on any atom is -0.305 e. The molecule has 0 fully saturated rings. The Labute approximate surface area is 940 Å². The summed E-state index contributed by atoms with van der Waals surface area (Å²) in [5, 5.41) is 0. The summed E-state index contributed by atoms with van der Waals surface area (Å²) in [6.45, 7) is 0. The van der Waals surface area contributed by atoms with Gasteiger partial charge >= 0.3 is 586 Å². The number of pyridine rings is 8. The van der Waals surface area contributed by atoms with Crippen LogP contribution in [0, 0.1) is 48.5 Å². The smallest absolute Gasteiger partial charge is 0.0160 e. The molecule has 4 radical (unpaired) electrons. The molecular formula is C132H112Ge4Ir4N8-8. The molecule has 0 aliphatic rings. The van der Waals surface area contributed by atoms with Gasteiger partial charge in [-0.15, -0.1) is 144 Å². The van der Waals surface area contributed by atoms with Crippen LogP contribution in [0.1, 0.15) is 0 Å². The van der Waals surface area contributed by atoms with E-state index in [1.807, 2.05) is 243 Å². The van der Waals surface area contributed by atoms with E-state index < -0.39 is 53.1 Å². The molecule has 0 N–H and O–H groups in total. The largest absolute Gasteiger partial charge is 0.305 e. The first kappa shape index (κ1) is 115. The number of benzene rings is 14. The molecule has 22 rings (SSSR count). The van der Waals surface area contributed by atoms with E-state index in [4.69, 9.17) is 9.97 Å². The van der Waals surface area contributed by atoms with Gasteiger partial charge in [0.15, 0.2) is 0 Å². The Hall–Kier alpha value is -13.0. The fourth-order valence-electron chi connectivity index (χ4n) is 16.0. The van der Waals surface area contributed by atoms with E-state index in [2.05, 4.69) is 392 Å². The van der Waals surface area contributed by atoms with Crippen LogP contribution >= 0.6 is 0 Å². The zero-order chi connectivity index (χ0) is 99.7. The van der Waals surface area contributed by atoms with Gasteiger partial charge in [-0.3, -0.25) is 0 Å². The Kier molecular flexibility index (Phi) is 46.7. The summed E-state index contributed by atoms with van der Waals surface area (Å²) in [5.41, 5.74) is 21.0. The molecule has 0 amide bonds. The Balaban J connectivity index is 0.000000163. The SMILES string of the molecule is [CH3][Ge]([CH3])([c]1ccccc1)[c]1ccc(-c2[c-]cc(-c3ccccc3)cc2)nc1.[CH3][Ge]([CH3])([c]1ccccc1)[c]1ccc(-c2[c-]ccc(-c3ccccc3)c2)nc1.[CH3][Ge]([CH3])([c]1ccccc1)[c]1ccc(-c2[c-]cccc2)nc1.[CH3][Ge]([CH3])([c]1ccccc1)[c]1ccnc(-c2[c-]cccc2)c1.[Ir].[Ir].[Ir].[Ir].[c-]1ccccc1-c1ccccn1.[c-]1ccccc1-c1ccccn1.[c-]1ccccc1-c1ccccn1.[c-]1ccccc1-c1ccccn1. The Morgan fingerprint density at radius 3 is 0.669 bits per heavy atom. The molecule has 8 aromatic heterocycles. The molecule has 0 atom stereocenters. The van der Waals surface area contributed by atoms with E-state index in [0.717, 1.165) is 90.1 Å². The summed E-state index contributed by atoms with van der Waals surface area (Å²) in [6.07, 6.45) is 15.3. The maximum Gasteiger partial charge on any atom is 0.0160 e. The molecule has 740 valence electrons. The second-order valence-corrected chi connectivity index (χ2v) is 72.9. The van der Waals surface area contributed by atoms with E-state index >= 15 is 0 Å². The molecule has 0 saturated carbocycles. The molecule has 16 heteroatoms. The van der Waals surface area contributed by atoms with Gasteiger partial charge in [0.2, 0.25) is 0 Å². The predicted octanol–water partition coefficient (Wildman–Crippen LogP) is 27.0. The number of rotatable bonds is 18. The van der Waals surface area contributed by atoms with Crippen molar-refractivity contribution in [3.63, 3.8) is 0 Å². The fraction of sp³-hybridized carbons (Fsp3) is 0.0606. The van der Waals surface area contributed by atoms with Gasteiger partial charge in [-0.2, -0.15) is 0 Å². The third-order valence-electron chi connectivity index (χ3n) is 24.9. The number of nitrogens with zero attached hydrogens (tertiary/aromatic N) is 8. The molecule has 0 bridgehead atoms. The molecule has 0 saturated heterocycles. The average molecular weight is 2870 g/mol. The van der Waals surface area contributed by atoms with E-state index in [9.17, 15) is 0 Å². The van der Waals surface area contributed by atoms with E-state index in [-0.39, 0.29) is 80.4 Å². The van der Waals surface area contributed by atoms with Crippen LogP contribution in [-0.4, -0.2) is 92.9 Å². The third-order valence-corrected chi connectivity index (χ3v) is 54.4. The quantitative estimate of drug-likeness (QED) is 0.0618. The van der Waals surface area contributed by atoms with Gasteiger partial charge in [-0.05, 0) is 47.0 Å². The first-order valence-electron chi connectivity index (χ1n) is 48.2. The minimum atomic E-state index is -2.29. The number of hydrogen-bond donors (Lipinski definition) is 0. The Morgan fingerprint density at radius 2 is 0.399 bits per heavy atom. The van der Waals surface area contributed by atoms with Crippen LogP contribution < -0.4 is 35.2 Å². The molecule has 0 aliphatic carbocycles. The van der Waals surface area contributed by atoms with Crippen LogP contribution in [0.25, 0.3) is 112 Å². The van der Waals surface area contributed by atoms with Crippen LogP contribution in [-0.2, 0) is 80.4 Å². The van der Waals surface area contributed by atoms with Crippen molar-refractivity contribution in [3.05, 3.63) is 583 Å². The standard InChI is InChI=1S/2C25H22GeN.2C19H18GeN.4C11H8N.4Ir/c1-26(2,23-14-7-4-8-15-23)24-16-17-25(27-19-24)22-13-9-12-21(18-22)20-10-5-3-6-11-20;1-26(2,23-11-7-4-8-12-23)24-17-18-25(27-19-24)22-15-13-21(14-16-22)20-9-5-3-6-10-20;1-20(2,17-11-7-4-8-12-17)18-13-14-21-19(15-18)16-9-5-3-6-10-16;1-20(2,17-11-7-4-8-12-17)18-13-14-19(21-15-18)16-9-5-3-6-10-16;4*1-2-6-10(7-3-1)11-8-4-5-9-12-11;;;;/h3-12,14-19H,1-2H3;3-15,17-19H,1-2H3;2*3-9,11-15H,1-2H3;4*1-6,8-9H;;;;/q8*-1;;;;. The van der Waals surface area contributed by atoms with E-state index in [1.165, 1.54) is 57.4 Å². The molecular weight excluding hydrogens is 2760 g/mol. The van der Waals surface area contributed by atoms with Crippen molar-refractivity contribution >= 4 is 88.2 Å². The third kappa shape index (κ3) is 33.5. The van der Waals surface area contributed by atoms with Crippen LogP contribution in [0.2, 0.25) is 46.0 Å². The number of hydrogen-bond acceptors (Lipinski definition) is 8. The molecule has 22 aromatic rings. The van der Waals surface area contributed by atoms with Crippen molar-refractivity contribution in [2.75, 3.05) is 0 Å². The fourth-order valence-corrected chi connectivity index (χ4v) is 35.1. The maximum absolute atomic E-state index is 4.79. The molecule has 0 aliphatic heterocycles. The van der Waals surface area contributed by atoms with Crippen molar-refractivity contribution < 1.29 is 80.4 Å². The van der Waals surface area contributed by atoms with Gasteiger partial charge in [0, 0.05) is 105 Å².